The number of benzene rings is 1. The van der Waals surface area contributed by atoms with Crippen molar-refractivity contribution in [3.05, 3.63) is 40.6 Å². The molecule has 1 aromatic carbocycles. The number of hydrogen-bond donors (Lipinski definition) is 0. The van der Waals surface area contributed by atoms with Gasteiger partial charge in [-0.1, -0.05) is 28.1 Å². The van der Waals surface area contributed by atoms with Crippen LogP contribution in [0.3, 0.4) is 0 Å². The van der Waals surface area contributed by atoms with Gasteiger partial charge >= 0.3 is 0 Å². The molecule has 1 fully saturated rings. The van der Waals surface area contributed by atoms with E-state index in [0.717, 1.165) is 10.4 Å². The average molecular weight is 253 g/mol. The highest BCUT2D eigenvalue weighted by Gasteiger charge is 2.27. The van der Waals surface area contributed by atoms with E-state index in [1.807, 2.05) is 6.26 Å². The minimum Gasteiger partial charge on any atom is -0.504 e. The lowest BCUT2D eigenvalue weighted by atomic mass is 10.0. The van der Waals surface area contributed by atoms with Gasteiger partial charge in [-0.2, -0.15) is 0 Å². The minimum absolute atomic E-state index is 0.719. The van der Waals surface area contributed by atoms with Gasteiger partial charge in [-0.25, -0.2) is 0 Å². The molecular formula is C12H13BrO. The normalized spacial score (nSPS) is 16.9. The van der Waals surface area contributed by atoms with Crippen LogP contribution in [0.25, 0.3) is 5.57 Å². The van der Waals surface area contributed by atoms with E-state index < -0.39 is 0 Å². The van der Waals surface area contributed by atoms with E-state index in [4.69, 9.17) is 4.74 Å². The van der Waals surface area contributed by atoms with Crippen LogP contribution in [0.15, 0.2) is 35.0 Å². The number of rotatable bonds is 3. The molecule has 74 valence electrons. The maximum Gasteiger partial charge on any atom is 0.0865 e. The van der Waals surface area contributed by atoms with Gasteiger partial charge in [-0.3, -0.25) is 0 Å². The van der Waals surface area contributed by atoms with Crippen molar-refractivity contribution in [1.82, 2.24) is 0 Å². The lowest BCUT2D eigenvalue weighted by Gasteiger charge is -2.05. The minimum atomic E-state index is 0.719. The summed E-state index contributed by atoms with van der Waals surface area (Å²) < 4.78 is 6.24. The first-order valence-corrected chi connectivity index (χ1v) is 5.59. The van der Waals surface area contributed by atoms with E-state index >= 15 is 0 Å². The molecule has 1 aliphatic carbocycles. The van der Waals surface area contributed by atoms with Gasteiger partial charge in [0.25, 0.3) is 0 Å². The Bertz CT molecular complexity index is 336. The van der Waals surface area contributed by atoms with E-state index in [2.05, 4.69) is 40.2 Å². The molecule has 1 saturated carbocycles. The van der Waals surface area contributed by atoms with E-state index in [1.54, 1.807) is 7.11 Å². The Balaban J connectivity index is 2.26. The summed E-state index contributed by atoms with van der Waals surface area (Å²) in [5.74, 6) is 0.719. The molecule has 14 heavy (non-hydrogen) atoms. The second-order valence-electron chi connectivity index (χ2n) is 3.59. The number of allylic oxidation sites excluding steroid dienone is 1. The third-order valence-corrected chi connectivity index (χ3v) is 2.97. The molecule has 0 heterocycles. The highest BCUT2D eigenvalue weighted by atomic mass is 79.9. The molecule has 0 spiro atoms. The van der Waals surface area contributed by atoms with Crippen molar-refractivity contribution in [1.29, 1.82) is 0 Å². The second-order valence-corrected chi connectivity index (χ2v) is 4.51. The van der Waals surface area contributed by atoms with Crippen LogP contribution in [0.5, 0.6) is 0 Å². The fourth-order valence-corrected chi connectivity index (χ4v) is 1.83. The number of halogens is 1. The lowest BCUT2D eigenvalue weighted by molar-refractivity contribution is 0.338. The fraction of sp³-hybridized carbons (Fsp3) is 0.333. The molecule has 0 amide bonds. The van der Waals surface area contributed by atoms with E-state index in [9.17, 15) is 0 Å². The Labute approximate surface area is 92.9 Å². The summed E-state index contributed by atoms with van der Waals surface area (Å²) in [7, 11) is 1.71. The summed E-state index contributed by atoms with van der Waals surface area (Å²) in [5, 5.41) is 0. The molecule has 0 atom stereocenters. The van der Waals surface area contributed by atoms with Crippen LogP contribution in [0.2, 0.25) is 0 Å². The molecule has 2 rings (SSSR count). The standard InChI is InChI=1S/C12H13BrO/c1-14-8-12(9-2-3-9)10-4-6-11(13)7-5-10/h4-9H,2-3H2,1H3/b12-8+. The molecule has 0 aliphatic heterocycles. The van der Waals surface area contributed by atoms with Crippen LogP contribution >= 0.6 is 15.9 Å². The van der Waals surface area contributed by atoms with Crippen LogP contribution in [0.1, 0.15) is 18.4 Å². The van der Waals surface area contributed by atoms with E-state index in [0.29, 0.717) is 0 Å². The number of hydrogen-bond acceptors (Lipinski definition) is 1. The first-order chi connectivity index (χ1) is 6.81. The Hall–Kier alpha value is -0.760. The molecule has 0 aromatic heterocycles. The van der Waals surface area contributed by atoms with Crippen molar-refractivity contribution >= 4 is 21.5 Å². The van der Waals surface area contributed by atoms with Crippen molar-refractivity contribution in [2.24, 2.45) is 5.92 Å². The largest absolute Gasteiger partial charge is 0.504 e. The zero-order chi connectivity index (χ0) is 9.97. The molecule has 0 radical (unpaired) electrons. The monoisotopic (exact) mass is 252 g/mol. The van der Waals surface area contributed by atoms with Crippen LogP contribution in [-0.4, -0.2) is 7.11 Å². The predicted molar refractivity (Wildman–Crippen MR) is 61.9 cm³/mol. The highest BCUT2D eigenvalue weighted by molar-refractivity contribution is 9.10. The SMILES string of the molecule is CO/C=C(/c1ccc(Br)cc1)C1CC1. The Kier molecular flexibility index (Phi) is 2.92. The van der Waals surface area contributed by atoms with Crippen molar-refractivity contribution in [3.63, 3.8) is 0 Å². The summed E-state index contributed by atoms with van der Waals surface area (Å²) in [5.41, 5.74) is 2.61. The third-order valence-electron chi connectivity index (χ3n) is 2.44. The van der Waals surface area contributed by atoms with E-state index in [-0.39, 0.29) is 0 Å². The summed E-state index contributed by atoms with van der Waals surface area (Å²) in [4.78, 5) is 0. The zero-order valence-electron chi connectivity index (χ0n) is 8.16. The first-order valence-electron chi connectivity index (χ1n) is 4.80. The van der Waals surface area contributed by atoms with Gasteiger partial charge in [0.1, 0.15) is 0 Å². The van der Waals surface area contributed by atoms with Gasteiger partial charge in [-0.05, 0) is 42.0 Å². The highest BCUT2D eigenvalue weighted by Crippen LogP contribution is 2.41. The number of ether oxygens (including phenoxy) is 1. The smallest absolute Gasteiger partial charge is 0.0865 e. The maximum atomic E-state index is 5.12. The molecule has 0 unspecified atom stereocenters. The molecule has 2 heteroatoms. The van der Waals surface area contributed by atoms with Gasteiger partial charge < -0.3 is 4.74 Å². The third kappa shape index (κ3) is 2.18. The van der Waals surface area contributed by atoms with Crippen molar-refractivity contribution < 1.29 is 4.74 Å². The zero-order valence-corrected chi connectivity index (χ0v) is 9.75. The maximum absolute atomic E-state index is 5.12. The molecule has 0 bridgehead atoms. The van der Waals surface area contributed by atoms with Gasteiger partial charge in [0.15, 0.2) is 0 Å². The van der Waals surface area contributed by atoms with Crippen LogP contribution in [0, 0.1) is 5.92 Å². The molecular weight excluding hydrogens is 240 g/mol. The van der Waals surface area contributed by atoms with Crippen molar-refractivity contribution in [2.45, 2.75) is 12.8 Å². The average Bonchev–Trinajstić information content (AvgIpc) is 2.99. The van der Waals surface area contributed by atoms with Crippen molar-refractivity contribution in [3.8, 4) is 0 Å². The predicted octanol–water partition coefficient (Wildman–Crippen LogP) is 3.85. The van der Waals surface area contributed by atoms with Gasteiger partial charge in [0.2, 0.25) is 0 Å². The molecule has 0 N–H and O–H groups in total. The summed E-state index contributed by atoms with van der Waals surface area (Å²) >= 11 is 3.44. The first kappa shape index (κ1) is 9.78. The Morgan fingerprint density at radius 2 is 2.00 bits per heavy atom. The number of methoxy groups -OCH3 is 1. The van der Waals surface area contributed by atoms with Crippen molar-refractivity contribution in [2.75, 3.05) is 7.11 Å². The molecule has 1 aliphatic rings. The molecule has 0 saturated heterocycles. The Morgan fingerprint density at radius 3 is 2.50 bits per heavy atom. The molecule has 1 nitrogen and oxygen atoms in total. The summed E-state index contributed by atoms with van der Waals surface area (Å²) in [6.07, 6.45) is 4.47. The van der Waals surface area contributed by atoms with Gasteiger partial charge in [0.05, 0.1) is 13.4 Å². The fourth-order valence-electron chi connectivity index (χ4n) is 1.56. The van der Waals surface area contributed by atoms with Crippen LogP contribution < -0.4 is 0 Å². The van der Waals surface area contributed by atoms with Crippen LogP contribution in [-0.2, 0) is 4.74 Å². The Morgan fingerprint density at radius 1 is 1.36 bits per heavy atom. The summed E-state index contributed by atoms with van der Waals surface area (Å²) in [6, 6.07) is 8.41. The quantitative estimate of drug-likeness (QED) is 0.743. The van der Waals surface area contributed by atoms with Gasteiger partial charge in [0, 0.05) is 4.47 Å². The summed E-state index contributed by atoms with van der Waals surface area (Å²) in [6.45, 7) is 0. The van der Waals surface area contributed by atoms with E-state index in [1.165, 1.54) is 24.0 Å². The second kappa shape index (κ2) is 4.18. The van der Waals surface area contributed by atoms with Crippen LogP contribution in [0.4, 0.5) is 0 Å². The lowest BCUT2D eigenvalue weighted by Crippen LogP contribution is -1.87. The molecule has 1 aromatic rings. The van der Waals surface area contributed by atoms with Gasteiger partial charge in [-0.15, -0.1) is 0 Å². The topological polar surface area (TPSA) is 9.23 Å².